The number of benzene rings is 2. The molecule has 4 aromatic rings. The minimum absolute atomic E-state index is 0.304. The fraction of sp³-hybridized carbons (Fsp3) is 0.0833. The molecular formula is C24H18FIN6O2. The predicted octanol–water partition coefficient (Wildman–Crippen LogP) is 4.79. The van der Waals surface area contributed by atoms with Crippen molar-refractivity contribution in [3.8, 4) is 17.0 Å². The van der Waals surface area contributed by atoms with Crippen LogP contribution in [-0.4, -0.2) is 39.0 Å². The van der Waals surface area contributed by atoms with Crippen LogP contribution in [0.5, 0.6) is 5.75 Å². The summed E-state index contributed by atoms with van der Waals surface area (Å²) < 4.78 is 18.5. The van der Waals surface area contributed by atoms with Gasteiger partial charge in [0.25, 0.3) is 5.91 Å². The summed E-state index contributed by atoms with van der Waals surface area (Å²) in [6, 6.07) is 16.8. The molecule has 170 valence electrons. The minimum Gasteiger partial charge on any atom is -0.497 e. The van der Waals surface area contributed by atoms with Crippen LogP contribution in [0.1, 0.15) is 25.7 Å². The fourth-order valence-corrected chi connectivity index (χ4v) is 4.42. The van der Waals surface area contributed by atoms with E-state index in [2.05, 4.69) is 43.2 Å². The van der Waals surface area contributed by atoms with Crippen molar-refractivity contribution in [1.82, 2.24) is 25.6 Å². The average molecular weight is 568 g/mol. The number of hydrogen-bond acceptors (Lipinski definition) is 6. The molecule has 1 aliphatic rings. The Morgan fingerprint density at radius 3 is 2.62 bits per heavy atom. The number of alkyl halides is 1. The molecule has 0 fully saturated rings. The van der Waals surface area contributed by atoms with Crippen molar-refractivity contribution in [1.29, 1.82) is 0 Å². The van der Waals surface area contributed by atoms with Crippen LogP contribution in [0.15, 0.2) is 78.0 Å². The Hall–Kier alpha value is -3.80. The van der Waals surface area contributed by atoms with Crippen LogP contribution in [0.25, 0.3) is 11.3 Å². The highest BCUT2D eigenvalue weighted by molar-refractivity contribution is 14.1. The van der Waals surface area contributed by atoms with E-state index in [4.69, 9.17) is 9.73 Å². The lowest BCUT2D eigenvalue weighted by Gasteiger charge is -2.33. The standard InChI is InChI=1S/C24H18FIN6O2/c1-34-18-4-2-3-16(13-18)23-28-20-19(14-5-7-17(25)8-6-14)29-30-21(20)22(26)32(23)31-24(33)15-9-11-27-12-10-15/h2-13,22H,1H3,(H,29,30)(H,31,33). The largest absolute Gasteiger partial charge is 0.497 e. The Bertz CT molecular complexity index is 1370. The topological polar surface area (TPSA) is 95.5 Å². The highest BCUT2D eigenvalue weighted by Gasteiger charge is 2.34. The maximum atomic E-state index is 13.5. The van der Waals surface area contributed by atoms with Gasteiger partial charge in [0.2, 0.25) is 0 Å². The fourth-order valence-electron chi connectivity index (χ4n) is 3.59. The van der Waals surface area contributed by atoms with E-state index in [0.717, 1.165) is 11.1 Å². The van der Waals surface area contributed by atoms with Crippen molar-refractivity contribution in [2.75, 3.05) is 7.11 Å². The van der Waals surface area contributed by atoms with Crippen LogP contribution in [-0.2, 0) is 0 Å². The normalized spacial score (nSPS) is 14.9. The van der Waals surface area contributed by atoms with Crippen molar-refractivity contribution in [2.24, 2.45) is 4.99 Å². The third kappa shape index (κ3) is 4.12. The van der Waals surface area contributed by atoms with E-state index in [-0.39, 0.29) is 15.8 Å². The van der Waals surface area contributed by atoms with E-state index in [1.54, 1.807) is 48.8 Å². The number of hydrazine groups is 1. The van der Waals surface area contributed by atoms with Gasteiger partial charge >= 0.3 is 0 Å². The molecule has 0 saturated heterocycles. The third-order valence-corrected chi connectivity index (χ3v) is 6.47. The molecule has 1 aliphatic heterocycles. The zero-order valence-electron chi connectivity index (χ0n) is 17.9. The Kier molecular flexibility index (Phi) is 5.97. The first-order chi connectivity index (χ1) is 16.5. The first-order valence-corrected chi connectivity index (χ1v) is 11.5. The molecule has 0 aliphatic carbocycles. The van der Waals surface area contributed by atoms with Gasteiger partial charge in [0.05, 0.1) is 12.8 Å². The maximum Gasteiger partial charge on any atom is 0.269 e. The van der Waals surface area contributed by atoms with Crippen LogP contribution in [0.3, 0.4) is 0 Å². The number of aliphatic imine (C=N–C) groups is 1. The molecule has 2 aromatic carbocycles. The summed E-state index contributed by atoms with van der Waals surface area (Å²) in [5.74, 6) is 0.534. The van der Waals surface area contributed by atoms with Gasteiger partial charge in [-0.25, -0.2) is 14.4 Å². The first kappa shape index (κ1) is 22.0. The number of pyridine rings is 1. The number of hydrogen-bond donors (Lipinski definition) is 2. The van der Waals surface area contributed by atoms with E-state index in [9.17, 15) is 9.18 Å². The van der Waals surface area contributed by atoms with Gasteiger partial charge < -0.3 is 4.74 Å². The molecule has 1 unspecified atom stereocenters. The van der Waals surface area contributed by atoms with Crippen molar-refractivity contribution in [2.45, 2.75) is 4.05 Å². The number of amides is 1. The van der Waals surface area contributed by atoms with Crippen LogP contribution in [0.2, 0.25) is 0 Å². The zero-order valence-corrected chi connectivity index (χ0v) is 20.0. The summed E-state index contributed by atoms with van der Waals surface area (Å²) in [5.41, 5.74) is 6.82. The molecule has 5 rings (SSSR count). The SMILES string of the molecule is COc1cccc(C2=Nc3c(-c4ccc(F)cc4)n[nH]c3C(I)N2NC(=O)c2ccncc2)c1. The average Bonchev–Trinajstić information content (AvgIpc) is 3.31. The number of carbonyl (C=O) groups excluding carboxylic acids is 1. The molecule has 0 radical (unpaired) electrons. The molecule has 2 N–H and O–H groups in total. The second kappa shape index (κ2) is 9.21. The first-order valence-electron chi connectivity index (χ1n) is 10.3. The van der Waals surface area contributed by atoms with E-state index in [0.29, 0.717) is 34.2 Å². The molecule has 3 heterocycles. The van der Waals surface area contributed by atoms with Crippen molar-refractivity contribution in [3.63, 3.8) is 0 Å². The molecule has 34 heavy (non-hydrogen) atoms. The highest BCUT2D eigenvalue weighted by atomic mass is 127. The van der Waals surface area contributed by atoms with Gasteiger partial charge in [-0.15, -0.1) is 0 Å². The highest BCUT2D eigenvalue weighted by Crippen LogP contribution is 2.43. The van der Waals surface area contributed by atoms with Crippen molar-refractivity contribution >= 4 is 40.0 Å². The summed E-state index contributed by atoms with van der Waals surface area (Å²) in [4.78, 5) is 21.9. The molecular weight excluding hydrogens is 550 g/mol. The molecule has 0 saturated carbocycles. The molecule has 0 spiro atoms. The maximum absolute atomic E-state index is 13.5. The quantitative estimate of drug-likeness (QED) is 0.205. The number of carbonyl (C=O) groups is 1. The van der Waals surface area contributed by atoms with Crippen LogP contribution in [0.4, 0.5) is 10.1 Å². The number of nitrogens with zero attached hydrogens (tertiary/aromatic N) is 4. The van der Waals surface area contributed by atoms with Gasteiger partial charge in [0, 0.05) is 29.1 Å². The number of H-pyrrole nitrogens is 1. The monoisotopic (exact) mass is 568 g/mol. The van der Waals surface area contributed by atoms with Gasteiger partial charge in [-0.3, -0.25) is 20.3 Å². The minimum atomic E-state index is -0.362. The number of fused-ring (bicyclic) bond motifs is 1. The van der Waals surface area contributed by atoms with Gasteiger partial charge in [0.15, 0.2) is 5.84 Å². The van der Waals surface area contributed by atoms with E-state index in [1.165, 1.54) is 12.1 Å². The summed E-state index contributed by atoms with van der Waals surface area (Å²) in [7, 11) is 1.59. The number of halogens is 2. The second-order valence-electron chi connectivity index (χ2n) is 7.39. The molecule has 1 amide bonds. The lowest BCUT2D eigenvalue weighted by atomic mass is 10.1. The molecule has 8 nitrogen and oxygen atoms in total. The lowest BCUT2D eigenvalue weighted by Crippen LogP contribution is -2.48. The van der Waals surface area contributed by atoms with Crippen LogP contribution < -0.4 is 10.2 Å². The summed E-state index contributed by atoms with van der Waals surface area (Å²) in [6.07, 6.45) is 3.12. The van der Waals surface area contributed by atoms with Crippen molar-refractivity contribution in [3.05, 3.63) is 95.7 Å². The number of aromatic nitrogens is 3. The molecule has 2 aromatic heterocycles. The Morgan fingerprint density at radius 1 is 1.12 bits per heavy atom. The summed E-state index contributed by atoms with van der Waals surface area (Å²) in [5, 5.41) is 9.18. The number of aromatic amines is 1. The zero-order chi connectivity index (χ0) is 23.7. The lowest BCUT2D eigenvalue weighted by molar-refractivity contribution is 0.0864. The molecule has 0 bridgehead atoms. The number of rotatable bonds is 5. The number of amidine groups is 1. The second-order valence-corrected chi connectivity index (χ2v) is 8.57. The van der Waals surface area contributed by atoms with Crippen LogP contribution >= 0.6 is 22.6 Å². The van der Waals surface area contributed by atoms with E-state index < -0.39 is 0 Å². The number of ether oxygens (including phenoxy) is 1. The predicted molar refractivity (Wildman–Crippen MR) is 133 cm³/mol. The molecule has 10 heteroatoms. The Morgan fingerprint density at radius 2 is 1.88 bits per heavy atom. The number of nitrogens with one attached hydrogen (secondary N) is 2. The van der Waals surface area contributed by atoms with Gasteiger partial charge in [-0.2, -0.15) is 5.10 Å². The van der Waals surface area contributed by atoms with Crippen LogP contribution in [0, 0.1) is 5.82 Å². The summed E-state index contributed by atoms with van der Waals surface area (Å²) >= 11 is 2.22. The van der Waals surface area contributed by atoms with E-state index >= 15 is 0 Å². The molecule has 1 atom stereocenters. The van der Waals surface area contributed by atoms with E-state index in [1.807, 2.05) is 24.3 Å². The Balaban J connectivity index is 1.61. The van der Waals surface area contributed by atoms with Gasteiger partial charge in [-0.1, -0.05) is 12.1 Å². The summed E-state index contributed by atoms with van der Waals surface area (Å²) in [6.45, 7) is 0. The van der Waals surface area contributed by atoms with Gasteiger partial charge in [-0.05, 0) is 71.1 Å². The van der Waals surface area contributed by atoms with Gasteiger partial charge in [0.1, 0.15) is 27.0 Å². The number of methoxy groups -OCH3 is 1. The smallest absolute Gasteiger partial charge is 0.269 e. The van der Waals surface area contributed by atoms with Crippen molar-refractivity contribution < 1.29 is 13.9 Å². The third-order valence-electron chi connectivity index (χ3n) is 5.29. The Labute approximate surface area is 208 Å².